The summed E-state index contributed by atoms with van der Waals surface area (Å²) in [5.74, 6) is 1.35. The lowest BCUT2D eigenvalue weighted by atomic mass is 9.84. The Kier molecular flexibility index (Phi) is 3.55. The molecule has 1 aliphatic heterocycles. The van der Waals surface area contributed by atoms with E-state index >= 15 is 0 Å². The Bertz CT molecular complexity index is 855. The molecule has 0 aliphatic carbocycles. The van der Waals surface area contributed by atoms with Gasteiger partial charge in [0, 0.05) is 19.0 Å². The molecule has 1 atom stereocenters. The van der Waals surface area contributed by atoms with Crippen molar-refractivity contribution in [3.63, 3.8) is 0 Å². The van der Waals surface area contributed by atoms with Crippen LogP contribution in [-0.4, -0.2) is 25.6 Å². The fraction of sp³-hybridized carbons (Fsp3) is 0.238. The molecule has 0 fully saturated rings. The highest BCUT2D eigenvalue weighted by Gasteiger charge is 2.24. The van der Waals surface area contributed by atoms with Crippen LogP contribution in [0.4, 0.5) is 0 Å². The van der Waals surface area contributed by atoms with Crippen LogP contribution >= 0.6 is 0 Å². The molecular formula is C21H21NO. The summed E-state index contributed by atoms with van der Waals surface area (Å²) in [6.45, 7) is 2.11. The van der Waals surface area contributed by atoms with Crippen molar-refractivity contribution in [2.75, 3.05) is 20.7 Å². The summed E-state index contributed by atoms with van der Waals surface area (Å²) in [5.41, 5.74) is 4.31. The second-order valence-electron chi connectivity index (χ2n) is 6.42. The normalized spacial score (nSPS) is 17.9. The quantitative estimate of drug-likeness (QED) is 0.694. The molecule has 1 aliphatic rings. The zero-order valence-electron chi connectivity index (χ0n) is 13.6. The molecule has 23 heavy (non-hydrogen) atoms. The van der Waals surface area contributed by atoms with Crippen molar-refractivity contribution in [3.05, 3.63) is 77.4 Å². The third kappa shape index (κ3) is 2.60. The molecule has 1 unspecified atom stereocenters. The Morgan fingerprint density at radius 3 is 2.61 bits per heavy atom. The number of likely N-dealkylation sites (N-methyl/N-ethyl adjacent to an activating group) is 1. The highest BCUT2D eigenvalue weighted by molar-refractivity contribution is 5.84. The van der Waals surface area contributed by atoms with Crippen LogP contribution in [0.1, 0.15) is 22.6 Å². The van der Waals surface area contributed by atoms with Crippen molar-refractivity contribution in [2.24, 2.45) is 0 Å². The van der Waals surface area contributed by atoms with E-state index in [0.29, 0.717) is 5.92 Å². The van der Waals surface area contributed by atoms with Crippen LogP contribution in [0.5, 0.6) is 5.75 Å². The number of hydrogen-bond acceptors (Lipinski definition) is 2. The number of benzene rings is 3. The zero-order chi connectivity index (χ0) is 15.8. The maximum absolute atomic E-state index is 5.32. The summed E-state index contributed by atoms with van der Waals surface area (Å²) >= 11 is 0. The van der Waals surface area contributed by atoms with E-state index in [0.717, 1.165) is 18.8 Å². The standard InChI is InChI=1S/C21H21NO/c1-22-13-18-5-3-4-6-20(18)21(14-22)17-8-7-16-12-19(23-2)10-9-15(16)11-17/h3-12,21H,13-14H2,1-2H3. The van der Waals surface area contributed by atoms with Gasteiger partial charge in [-0.2, -0.15) is 0 Å². The summed E-state index contributed by atoms with van der Waals surface area (Å²) in [6, 6.07) is 21.9. The summed E-state index contributed by atoms with van der Waals surface area (Å²) < 4.78 is 5.32. The Hall–Kier alpha value is -2.32. The molecule has 3 aromatic carbocycles. The van der Waals surface area contributed by atoms with E-state index in [2.05, 4.69) is 66.5 Å². The summed E-state index contributed by atoms with van der Waals surface area (Å²) in [6.07, 6.45) is 0. The van der Waals surface area contributed by atoms with Crippen molar-refractivity contribution in [1.29, 1.82) is 0 Å². The molecule has 0 aromatic heterocycles. The highest BCUT2D eigenvalue weighted by atomic mass is 16.5. The topological polar surface area (TPSA) is 12.5 Å². The minimum absolute atomic E-state index is 0.441. The smallest absolute Gasteiger partial charge is 0.119 e. The molecule has 0 saturated heterocycles. The van der Waals surface area contributed by atoms with Gasteiger partial charge in [0.25, 0.3) is 0 Å². The average Bonchev–Trinajstić information content (AvgIpc) is 2.60. The van der Waals surface area contributed by atoms with Gasteiger partial charge in [-0.05, 0) is 46.6 Å². The van der Waals surface area contributed by atoms with Crippen molar-refractivity contribution in [1.82, 2.24) is 4.90 Å². The number of methoxy groups -OCH3 is 1. The zero-order valence-corrected chi connectivity index (χ0v) is 13.6. The van der Waals surface area contributed by atoms with E-state index in [4.69, 9.17) is 4.74 Å². The monoisotopic (exact) mass is 303 g/mol. The molecule has 0 bridgehead atoms. The number of rotatable bonds is 2. The maximum atomic E-state index is 5.32. The summed E-state index contributed by atoms with van der Waals surface area (Å²) in [5, 5.41) is 2.50. The molecular weight excluding hydrogens is 282 g/mol. The van der Waals surface area contributed by atoms with E-state index in [-0.39, 0.29) is 0 Å². The molecule has 1 heterocycles. The van der Waals surface area contributed by atoms with Gasteiger partial charge in [-0.25, -0.2) is 0 Å². The molecule has 0 saturated carbocycles. The van der Waals surface area contributed by atoms with Crippen LogP contribution in [0.3, 0.4) is 0 Å². The van der Waals surface area contributed by atoms with Crippen molar-refractivity contribution in [3.8, 4) is 5.75 Å². The van der Waals surface area contributed by atoms with Crippen molar-refractivity contribution >= 4 is 10.8 Å². The first-order chi connectivity index (χ1) is 11.2. The molecule has 2 nitrogen and oxygen atoms in total. The van der Waals surface area contributed by atoms with Crippen LogP contribution in [0, 0.1) is 0 Å². The molecule has 0 N–H and O–H groups in total. The Morgan fingerprint density at radius 1 is 0.957 bits per heavy atom. The Labute approximate surface area is 137 Å². The molecule has 0 spiro atoms. The molecule has 0 radical (unpaired) electrons. The van der Waals surface area contributed by atoms with E-state index in [1.807, 2.05) is 6.07 Å². The van der Waals surface area contributed by atoms with Gasteiger partial charge in [0.1, 0.15) is 5.75 Å². The largest absolute Gasteiger partial charge is 0.497 e. The second kappa shape index (κ2) is 5.71. The predicted molar refractivity (Wildman–Crippen MR) is 95.1 cm³/mol. The van der Waals surface area contributed by atoms with Gasteiger partial charge in [0.15, 0.2) is 0 Å². The van der Waals surface area contributed by atoms with E-state index < -0.39 is 0 Å². The van der Waals surface area contributed by atoms with Crippen molar-refractivity contribution < 1.29 is 4.74 Å². The van der Waals surface area contributed by atoms with Gasteiger partial charge in [-0.1, -0.05) is 48.5 Å². The maximum Gasteiger partial charge on any atom is 0.119 e. The van der Waals surface area contributed by atoms with Gasteiger partial charge >= 0.3 is 0 Å². The fourth-order valence-corrected chi connectivity index (χ4v) is 3.65. The average molecular weight is 303 g/mol. The first kappa shape index (κ1) is 14.3. The molecule has 0 amide bonds. The lowest BCUT2D eigenvalue weighted by Crippen LogP contribution is -2.30. The van der Waals surface area contributed by atoms with Gasteiger partial charge in [-0.15, -0.1) is 0 Å². The van der Waals surface area contributed by atoms with Gasteiger partial charge < -0.3 is 9.64 Å². The number of nitrogens with zero attached hydrogens (tertiary/aromatic N) is 1. The predicted octanol–water partition coefficient (Wildman–Crippen LogP) is 4.43. The Morgan fingerprint density at radius 2 is 1.74 bits per heavy atom. The highest BCUT2D eigenvalue weighted by Crippen LogP contribution is 2.34. The third-order valence-electron chi connectivity index (χ3n) is 4.84. The van der Waals surface area contributed by atoms with Crippen LogP contribution in [-0.2, 0) is 6.54 Å². The van der Waals surface area contributed by atoms with Crippen LogP contribution in [0.2, 0.25) is 0 Å². The number of hydrogen-bond donors (Lipinski definition) is 0. The van der Waals surface area contributed by atoms with Crippen LogP contribution in [0.25, 0.3) is 10.8 Å². The number of ether oxygens (including phenoxy) is 1. The van der Waals surface area contributed by atoms with E-state index in [9.17, 15) is 0 Å². The summed E-state index contributed by atoms with van der Waals surface area (Å²) in [4.78, 5) is 2.41. The molecule has 116 valence electrons. The number of fused-ring (bicyclic) bond motifs is 2. The van der Waals surface area contributed by atoms with E-state index in [1.165, 1.54) is 27.5 Å². The minimum Gasteiger partial charge on any atom is -0.497 e. The lowest BCUT2D eigenvalue weighted by Gasteiger charge is -2.32. The van der Waals surface area contributed by atoms with E-state index in [1.54, 1.807) is 7.11 Å². The summed E-state index contributed by atoms with van der Waals surface area (Å²) in [7, 11) is 3.92. The third-order valence-corrected chi connectivity index (χ3v) is 4.84. The van der Waals surface area contributed by atoms with Gasteiger partial charge in [0.2, 0.25) is 0 Å². The first-order valence-corrected chi connectivity index (χ1v) is 8.08. The molecule has 4 rings (SSSR count). The Balaban J connectivity index is 1.80. The molecule has 2 heteroatoms. The fourth-order valence-electron chi connectivity index (χ4n) is 3.65. The lowest BCUT2D eigenvalue weighted by molar-refractivity contribution is 0.295. The van der Waals surface area contributed by atoms with Gasteiger partial charge in [0.05, 0.1) is 7.11 Å². The SMILES string of the molecule is COc1ccc2cc(C3CN(C)Cc4ccccc43)ccc2c1. The minimum atomic E-state index is 0.441. The molecule has 3 aromatic rings. The van der Waals surface area contributed by atoms with Crippen molar-refractivity contribution in [2.45, 2.75) is 12.5 Å². The first-order valence-electron chi connectivity index (χ1n) is 8.08. The van der Waals surface area contributed by atoms with Crippen LogP contribution < -0.4 is 4.74 Å². The van der Waals surface area contributed by atoms with Gasteiger partial charge in [-0.3, -0.25) is 0 Å². The second-order valence-corrected chi connectivity index (χ2v) is 6.42. The van der Waals surface area contributed by atoms with Crippen LogP contribution in [0.15, 0.2) is 60.7 Å².